The third-order valence-corrected chi connectivity index (χ3v) is 4.87. The maximum Gasteiger partial charge on any atom is 0.0834 e. The molecule has 0 heterocycles. The minimum atomic E-state index is -0.444. The van der Waals surface area contributed by atoms with Crippen LogP contribution < -0.4 is 0 Å². The van der Waals surface area contributed by atoms with Crippen molar-refractivity contribution in [3.63, 3.8) is 0 Å². The Bertz CT molecular complexity index is 223. The summed E-state index contributed by atoms with van der Waals surface area (Å²) in [6.07, 6.45) is 2.36. The van der Waals surface area contributed by atoms with Gasteiger partial charge in [0.05, 0.1) is 19.8 Å². The zero-order chi connectivity index (χ0) is 8.28. The van der Waals surface area contributed by atoms with Gasteiger partial charge >= 0.3 is 0 Å². The molecule has 2 aliphatic rings. The van der Waals surface area contributed by atoms with Crippen LogP contribution in [0.3, 0.4) is 0 Å². The number of halogens is 4. The molecule has 0 aromatic carbocycles. The van der Waals surface area contributed by atoms with Gasteiger partial charge in [0, 0.05) is 0 Å². The lowest BCUT2D eigenvalue weighted by Gasteiger charge is -2.19. The Hall–Kier alpha value is 0.900. The van der Waals surface area contributed by atoms with E-state index in [1.54, 1.807) is 0 Å². The summed E-state index contributed by atoms with van der Waals surface area (Å²) in [6, 6.07) is 0. The van der Waals surface area contributed by atoms with Gasteiger partial charge in [-0.1, -0.05) is 23.2 Å². The van der Waals surface area contributed by atoms with E-state index in [1.165, 1.54) is 0 Å². The highest BCUT2D eigenvalue weighted by Crippen LogP contribution is 2.62. The van der Waals surface area contributed by atoms with Crippen LogP contribution in [0.5, 0.6) is 0 Å². The first-order chi connectivity index (χ1) is 4.98. The fraction of sp³-hybridized carbons (Fsp3) is 0.714. The van der Waals surface area contributed by atoms with Crippen LogP contribution in [0.4, 0.5) is 0 Å². The number of hydrogen-bond acceptors (Lipinski definition) is 0. The standard InChI is InChI=1S/C7H6Cl4/c8-4-5(9)7(11)2-1-6(4,10)3-7/h1-3H2. The summed E-state index contributed by atoms with van der Waals surface area (Å²) in [4.78, 5) is -0.888. The molecule has 2 bridgehead atoms. The molecule has 0 spiro atoms. The maximum atomic E-state index is 6.17. The molecule has 0 aliphatic heterocycles. The largest absolute Gasteiger partial charge is 0.113 e. The number of hydrogen-bond donors (Lipinski definition) is 0. The molecule has 0 nitrogen and oxygen atoms in total. The van der Waals surface area contributed by atoms with Gasteiger partial charge in [-0.2, -0.15) is 0 Å². The van der Waals surface area contributed by atoms with Crippen LogP contribution in [-0.2, 0) is 0 Å². The summed E-state index contributed by atoms with van der Waals surface area (Å²) in [7, 11) is 0. The normalized spacial score (nSPS) is 49.1. The number of rotatable bonds is 0. The van der Waals surface area contributed by atoms with Gasteiger partial charge in [-0.3, -0.25) is 0 Å². The molecular formula is C7H6Cl4. The highest BCUT2D eigenvalue weighted by Gasteiger charge is 2.57. The molecule has 0 aromatic rings. The summed E-state index contributed by atoms with van der Waals surface area (Å²) in [6.45, 7) is 0. The van der Waals surface area contributed by atoms with Gasteiger partial charge in [0.2, 0.25) is 0 Å². The average molecular weight is 232 g/mol. The van der Waals surface area contributed by atoms with Crippen molar-refractivity contribution in [2.24, 2.45) is 0 Å². The maximum absolute atomic E-state index is 6.17. The van der Waals surface area contributed by atoms with Crippen LogP contribution in [0.2, 0.25) is 0 Å². The second-order valence-corrected chi connectivity index (χ2v) is 5.44. The van der Waals surface area contributed by atoms with E-state index in [1.807, 2.05) is 0 Å². The Balaban J connectivity index is 2.52. The molecule has 0 aromatic heterocycles. The van der Waals surface area contributed by atoms with Crippen molar-refractivity contribution >= 4 is 46.4 Å². The molecule has 1 saturated carbocycles. The van der Waals surface area contributed by atoms with Gasteiger partial charge < -0.3 is 0 Å². The molecule has 62 valence electrons. The zero-order valence-electron chi connectivity index (χ0n) is 5.63. The lowest BCUT2D eigenvalue weighted by atomic mass is 10.1. The Morgan fingerprint density at radius 3 is 1.45 bits per heavy atom. The second-order valence-electron chi connectivity index (χ2n) is 3.24. The Labute approximate surface area is 85.4 Å². The van der Waals surface area contributed by atoms with Crippen LogP contribution in [0.15, 0.2) is 10.1 Å². The second kappa shape index (κ2) is 2.23. The fourth-order valence-electron chi connectivity index (χ4n) is 1.79. The van der Waals surface area contributed by atoms with E-state index in [0.29, 0.717) is 16.5 Å². The highest BCUT2D eigenvalue weighted by atomic mass is 35.5. The van der Waals surface area contributed by atoms with Crippen molar-refractivity contribution in [3.05, 3.63) is 10.1 Å². The molecule has 2 unspecified atom stereocenters. The molecule has 2 aliphatic carbocycles. The van der Waals surface area contributed by atoms with Crippen LogP contribution in [-0.4, -0.2) is 9.75 Å². The molecule has 0 radical (unpaired) electrons. The van der Waals surface area contributed by atoms with Crippen molar-refractivity contribution < 1.29 is 0 Å². The molecule has 0 N–H and O–H groups in total. The van der Waals surface area contributed by atoms with Gasteiger partial charge in [-0.05, 0) is 19.3 Å². The third-order valence-electron chi connectivity index (χ3n) is 2.46. The number of fused-ring (bicyclic) bond motifs is 2. The first-order valence-electron chi connectivity index (χ1n) is 3.42. The summed E-state index contributed by atoms with van der Waals surface area (Å²) in [5.74, 6) is 0. The Kier molecular flexibility index (Phi) is 1.72. The van der Waals surface area contributed by atoms with E-state index in [0.717, 1.165) is 12.8 Å². The van der Waals surface area contributed by atoms with E-state index in [2.05, 4.69) is 0 Å². The molecule has 1 fully saturated rings. The van der Waals surface area contributed by atoms with E-state index in [9.17, 15) is 0 Å². The van der Waals surface area contributed by atoms with Crippen molar-refractivity contribution in [2.75, 3.05) is 0 Å². The SMILES string of the molecule is ClC1=C(Cl)C2(Cl)CCC1(Cl)C2. The van der Waals surface area contributed by atoms with Crippen molar-refractivity contribution in [2.45, 2.75) is 29.0 Å². The van der Waals surface area contributed by atoms with E-state index >= 15 is 0 Å². The summed E-state index contributed by atoms with van der Waals surface area (Å²) in [5, 5.41) is 1.11. The van der Waals surface area contributed by atoms with Gasteiger partial charge in [0.25, 0.3) is 0 Å². The van der Waals surface area contributed by atoms with Crippen LogP contribution in [0, 0.1) is 0 Å². The minimum Gasteiger partial charge on any atom is -0.113 e. The quantitative estimate of drug-likeness (QED) is 0.556. The Morgan fingerprint density at radius 2 is 1.27 bits per heavy atom. The van der Waals surface area contributed by atoms with Gasteiger partial charge in [0.1, 0.15) is 0 Å². The fourth-order valence-corrected chi connectivity index (χ4v) is 3.47. The predicted octanol–water partition coefficient (Wildman–Crippen LogP) is 3.83. The van der Waals surface area contributed by atoms with E-state index in [-0.39, 0.29) is 0 Å². The molecule has 2 atom stereocenters. The van der Waals surface area contributed by atoms with E-state index in [4.69, 9.17) is 46.4 Å². The van der Waals surface area contributed by atoms with Crippen molar-refractivity contribution in [1.82, 2.24) is 0 Å². The lowest BCUT2D eigenvalue weighted by molar-refractivity contribution is 0.724. The van der Waals surface area contributed by atoms with Gasteiger partial charge in [0.15, 0.2) is 0 Å². The summed E-state index contributed by atoms with van der Waals surface area (Å²) >= 11 is 24.2. The smallest absolute Gasteiger partial charge is 0.0834 e. The molecule has 0 amide bonds. The van der Waals surface area contributed by atoms with Gasteiger partial charge in [-0.25, -0.2) is 0 Å². The van der Waals surface area contributed by atoms with Crippen LogP contribution >= 0.6 is 46.4 Å². The summed E-state index contributed by atoms with van der Waals surface area (Å²) < 4.78 is 0. The van der Waals surface area contributed by atoms with Crippen LogP contribution in [0.1, 0.15) is 19.3 Å². The van der Waals surface area contributed by atoms with E-state index < -0.39 is 9.75 Å². The van der Waals surface area contributed by atoms with Crippen molar-refractivity contribution in [3.8, 4) is 0 Å². The van der Waals surface area contributed by atoms with Gasteiger partial charge in [-0.15, -0.1) is 23.2 Å². The molecule has 11 heavy (non-hydrogen) atoms. The number of allylic oxidation sites excluding steroid dienone is 2. The topological polar surface area (TPSA) is 0 Å². The average Bonchev–Trinajstić information content (AvgIpc) is 2.32. The predicted molar refractivity (Wildman–Crippen MR) is 49.8 cm³/mol. The molecular weight excluding hydrogens is 226 g/mol. The zero-order valence-corrected chi connectivity index (χ0v) is 8.66. The lowest BCUT2D eigenvalue weighted by Crippen LogP contribution is -2.14. The first-order valence-corrected chi connectivity index (χ1v) is 4.93. The van der Waals surface area contributed by atoms with Crippen LogP contribution in [0.25, 0.3) is 0 Å². The summed E-state index contributed by atoms with van der Waals surface area (Å²) in [5.41, 5.74) is 0. The molecule has 0 saturated heterocycles. The third kappa shape index (κ3) is 0.966. The molecule has 2 rings (SSSR count). The molecule has 4 heteroatoms. The highest BCUT2D eigenvalue weighted by molar-refractivity contribution is 6.50. The minimum absolute atomic E-state index is 0.444. The monoisotopic (exact) mass is 230 g/mol. The first kappa shape index (κ1) is 8.50. The van der Waals surface area contributed by atoms with Crippen molar-refractivity contribution in [1.29, 1.82) is 0 Å². The Morgan fingerprint density at radius 1 is 0.909 bits per heavy atom. The number of alkyl halides is 2.